The van der Waals surface area contributed by atoms with Crippen LogP contribution in [0.25, 0.3) is 0 Å². The van der Waals surface area contributed by atoms with E-state index >= 15 is 0 Å². The summed E-state index contributed by atoms with van der Waals surface area (Å²) in [7, 11) is 1.82. The number of benzene rings is 1. The second kappa shape index (κ2) is 10.1. The van der Waals surface area contributed by atoms with E-state index in [4.69, 9.17) is 4.74 Å². The highest BCUT2D eigenvalue weighted by Crippen LogP contribution is 2.34. The van der Waals surface area contributed by atoms with Crippen molar-refractivity contribution in [2.24, 2.45) is 4.99 Å². The Balaban J connectivity index is 0.00000225. The summed E-state index contributed by atoms with van der Waals surface area (Å²) < 4.78 is 5.60. The summed E-state index contributed by atoms with van der Waals surface area (Å²) in [6, 6.07) is 12.9. The molecule has 0 saturated carbocycles. The molecule has 2 aromatic rings. The van der Waals surface area contributed by atoms with Crippen molar-refractivity contribution in [3.05, 3.63) is 58.3 Å². The van der Waals surface area contributed by atoms with E-state index in [-0.39, 0.29) is 29.4 Å². The largest absolute Gasteiger partial charge is 0.381 e. The molecule has 6 heteroatoms. The van der Waals surface area contributed by atoms with E-state index in [1.807, 2.05) is 7.05 Å². The van der Waals surface area contributed by atoms with Gasteiger partial charge in [0.05, 0.1) is 0 Å². The Labute approximate surface area is 171 Å². The molecule has 1 aromatic heterocycles. The number of hydrogen-bond donors (Lipinski definition) is 2. The summed E-state index contributed by atoms with van der Waals surface area (Å²) in [4.78, 5) is 4.36. The van der Waals surface area contributed by atoms with Crippen molar-refractivity contribution in [3.63, 3.8) is 0 Å². The maximum atomic E-state index is 5.60. The lowest BCUT2D eigenvalue weighted by atomic mass is 9.74. The SMILES string of the molecule is CN=C(NCc1ccsc1)NCC1(c2ccccc2)CCOCC1.I. The molecule has 2 N–H and O–H groups in total. The van der Waals surface area contributed by atoms with Gasteiger partial charge in [0.25, 0.3) is 0 Å². The predicted molar refractivity (Wildman–Crippen MR) is 116 cm³/mol. The van der Waals surface area contributed by atoms with Gasteiger partial charge in [0.1, 0.15) is 0 Å². The quantitative estimate of drug-likeness (QED) is 0.397. The lowest BCUT2D eigenvalue weighted by molar-refractivity contribution is 0.0514. The highest BCUT2D eigenvalue weighted by atomic mass is 127. The molecule has 0 spiro atoms. The van der Waals surface area contributed by atoms with Crippen LogP contribution in [0, 0.1) is 0 Å². The third kappa shape index (κ3) is 5.43. The number of rotatable bonds is 5. The van der Waals surface area contributed by atoms with E-state index in [1.54, 1.807) is 11.3 Å². The third-order valence-corrected chi connectivity index (χ3v) is 5.43. The number of ether oxygens (including phenoxy) is 1. The number of guanidine groups is 1. The molecule has 1 saturated heterocycles. The molecular formula is C19H26IN3OS. The number of aliphatic imine (C=N–C) groups is 1. The minimum Gasteiger partial charge on any atom is -0.381 e. The molecule has 1 aliphatic rings. The fourth-order valence-electron chi connectivity index (χ4n) is 3.17. The molecule has 0 bridgehead atoms. The molecular weight excluding hydrogens is 445 g/mol. The van der Waals surface area contributed by atoms with Gasteiger partial charge >= 0.3 is 0 Å². The predicted octanol–water partition coefficient (Wildman–Crippen LogP) is 3.78. The maximum absolute atomic E-state index is 5.60. The van der Waals surface area contributed by atoms with Gasteiger partial charge in [-0.05, 0) is 40.8 Å². The van der Waals surface area contributed by atoms with E-state index in [2.05, 4.69) is 62.8 Å². The van der Waals surface area contributed by atoms with Crippen LogP contribution in [0.3, 0.4) is 0 Å². The molecule has 0 unspecified atom stereocenters. The smallest absolute Gasteiger partial charge is 0.191 e. The van der Waals surface area contributed by atoms with Crippen molar-refractivity contribution in [1.29, 1.82) is 0 Å². The first-order chi connectivity index (χ1) is 11.8. The van der Waals surface area contributed by atoms with Crippen LogP contribution >= 0.6 is 35.3 Å². The first-order valence-corrected chi connectivity index (χ1v) is 9.36. The van der Waals surface area contributed by atoms with Gasteiger partial charge in [0, 0.05) is 38.8 Å². The van der Waals surface area contributed by atoms with Gasteiger partial charge in [-0.1, -0.05) is 30.3 Å². The van der Waals surface area contributed by atoms with Crippen LogP contribution in [0.15, 0.2) is 52.2 Å². The van der Waals surface area contributed by atoms with E-state index in [9.17, 15) is 0 Å². The Kier molecular flexibility index (Phi) is 8.18. The molecule has 1 aliphatic heterocycles. The van der Waals surface area contributed by atoms with E-state index in [0.29, 0.717) is 0 Å². The van der Waals surface area contributed by atoms with E-state index in [1.165, 1.54) is 11.1 Å². The minimum absolute atomic E-state index is 0. The van der Waals surface area contributed by atoms with Crippen LogP contribution in [0.4, 0.5) is 0 Å². The highest BCUT2D eigenvalue weighted by molar-refractivity contribution is 14.0. The van der Waals surface area contributed by atoms with Crippen LogP contribution in [0.2, 0.25) is 0 Å². The first-order valence-electron chi connectivity index (χ1n) is 8.41. The molecule has 2 heterocycles. The third-order valence-electron chi connectivity index (χ3n) is 4.69. The normalized spacial score (nSPS) is 16.8. The second-order valence-corrected chi connectivity index (χ2v) is 6.95. The summed E-state index contributed by atoms with van der Waals surface area (Å²) in [5.74, 6) is 0.850. The molecule has 3 rings (SSSR count). The van der Waals surface area contributed by atoms with Crippen LogP contribution in [-0.2, 0) is 16.7 Å². The first kappa shape index (κ1) is 20.2. The van der Waals surface area contributed by atoms with Crippen molar-refractivity contribution in [3.8, 4) is 0 Å². The number of halogens is 1. The van der Waals surface area contributed by atoms with Crippen LogP contribution < -0.4 is 10.6 Å². The Morgan fingerprint density at radius 2 is 1.92 bits per heavy atom. The van der Waals surface area contributed by atoms with Gasteiger partial charge < -0.3 is 15.4 Å². The molecule has 4 nitrogen and oxygen atoms in total. The fraction of sp³-hybridized carbons (Fsp3) is 0.421. The van der Waals surface area contributed by atoms with E-state index < -0.39 is 0 Å². The molecule has 1 aromatic carbocycles. The molecule has 25 heavy (non-hydrogen) atoms. The number of nitrogens with one attached hydrogen (secondary N) is 2. The molecule has 0 radical (unpaired) electrons. The Morgan fingerprint density at radius 1 is 1.16 bits per heavy atom. The zero-order valence-electron chi connectivity index (χ0n) is 14.5. The van der Waals surface area contributed by atoms with Crippen molar-refractivity contribution in [1.82, 2.24) is 10.6 Å². The molecule has 136 valence electrons. The molecule has 0 aliphatic carbocycles. The Morgan fingerprint density at radius 3 is 2.56 bits per heavy atom. The molecule has 1 fully saturated rings. The van der Waals surface area contributed by atoms with Crippen LogP contribution in [0.1, 0.15) is 24.0 Å². The van der Waals surface area contributed by atoms with Gasteiger partial charge in [-0.2, -0.15) is 11.3 Å². The van der Waals surface area contributed by atoms with Crippen LogP contribution in [0.5, 0.6) is 0 Å². The van der Waals surface area contributed by atoms with Crippen LogP contribution in [-0.4, -0.2) is 32.8 Å². The summed E-state index contributed by atoms with van der Waals surface area (Å²) in [6.07, 6.45) is 2.07. The van der Waals surface area contributed by atoms with Gasteiger partial charge in [-0.25, -0.2) is 0 Å². The number of hydrogen-bond acceptors (Lipinski definition) is 3. The summed E-state index contributed by atoms with van der Waals surface area (Å²) in [6.45, 7) is 3.29. The summed E-state index contributed by atoms with van der Waals surface area (Å²) in [5, 5.41) is 11.2. The van der Waals surface area contributed by atoms with Crippen molar-refractivity contribution in [2.45, 2.75) is 24.8 Å². The zero-order chi connectivity index (χ0) is 16.7. The van der Waals surface area contributed by atoms with Crippen molar-refractivity contribution in [2.75, 3.05) is 26.8 Å². The summed E-state index contributed by atoms with van der Waals surface area (Å²) >= 11 is 1.72. The number of thiophene rings is 1. The van der Waals surface area contributed by atoms with Gasteiger partial charge in [0.15, 0.2) is 5.96 Å². The number of nitrogens with zero attached hydrogens (tertiary/aromatic N) is 1. The van der Waals surface area contributed by atoms with Gasteiger partial charge in [-0.15, -0.1) is 24.0 Å². The Bertz CT molecular complexity index is 640. The monoisotopic (exact) mass is 471 g/mol. The lowest BCUT2D eigenvalue weighted by Crippen LogP contribution is -2.47. The Hall–Kier alpha value is -1.12. The summed E-state index contributed by atoms with van der Waals surface area (Å²) in [5.41, 5.74) is 2.78. The lowest BCUT2D eigenvalue weighted by Gasteiger charge is -2.38. The van der Waals surface area contributed by atoms with Crippen molar-refractivity contribution < 1.29 is 4.74 Å². The van der Waals surface area contributed by atoms with E-state index in [0.717, 1.165) is 45.1 Å². The fourth-order valence-corrected chi connectivity index (χ4v) is 3.84. The average molecular weight is 471 g/mol. The molecule has 0 atom stereocenters. The average Bonchev–Trinajstić information content (AvgIpc) is 3.17. The highest BCUT2D eigenvalue weighted by Gasteiger charge is 2.34. The zero-order valence-corrected chi connectivity index (χ0v) is 17.7. The van der Waals surface area contributed by atoms with Gasteiger partial charge in [0.2, 0.25) is 0 Å². The topological polar surface area (TPSA) is 45.7 Å². The second-order valence-electron chi connectivity index (χ2n) is 6.17. The van der Waals surface area contributed by atoms with Gasteiger partial charge in [-0.3, -0.25) is 4.99 Å². The van der Waals surface area contributed by atoms with Crippen molar-refractivity contribution >= 4 is 41.3 Å². The standard InChI is InChI=1S/C19H25N3OS.HI/c1-20-18(21-13-16-7-12-24-14-16)22-15-19(8-10-23-11-9-19)17-5-3-2-4-6-17;/h2-7,12,14H,8-11,13,15H2,1H3,(H2,20,21,22);1H. The molecule has 0 amide bonds. The maximum Gasteiger partial charge on any atom is 0.191 e. The minimum atomic E-state index is 0.